The lowest BCUT2D eigenvalue weighted by molar-refractivity contribution is -0.204. The molecule has 2 aromatic carbocycles. The van der Waals surface area contributed by atoms with E-state index in [0.717, 1.165) is 13.1 Å². The Labute approximate surface area is 168 Å². The molecule has 7 heteroatoms. The van der Waals surface area contributed by atoms with Gasteiger partial charge in [-0.25, -0.2) is 4.79 Å². The predicted octanol–water partition coefficient (Wildman–Crippen LogP) is 4.57. The Morgan fingerprint density at radius 2 is 1.44 bits per heavy atom. The molecule has 2 aromatic rings. The quantitative estimate of drug-likeness (QED) is 0.707. The number of hydrogen-bond acceptors (Lipinski definition) is 4. The maximum Gasteiger partial charge on any atom is 0.390 e. The number of ether oxygens (including phenoxy) is 2. The van der Waals surface area contributed by atoms with E-state index in [2.05, 4.69) is 4.90 Å². The number of carbonyl (C=O) groups is 1. The number of piperidine rings is 1. The number of rotatable bonds is 6. The summed E-state index contributed by atoms with van der Waals surface area (Å²) in [7, 11) is 2.00. The summed E-state index contributed by atoms with van der Waals surface area (Å²) in [4.78, 5) is 14.6. The Kier molecular flexibility index (Phi) is 6.15. The van der Waals surface area contributed by atoms with Crippen molar-refractivity contribution in [2.45, 2.75) is 18.6 Å². The van der Waals surface area contributed by atoms with Gasteiger partial charge >= 0.3 is 11.8 Å². The Morgan fingerprint density at radius 3 is 1.85 bits per heavy atom. The first-order valence-corrected chi connectivity index (χ1v) is 9.47. The highest BCUT2D eigenvalue weighted by Crippen LogP contribution is 2.39. The van der Waals surface area contributed by atoms with Crippen LogP contribution in [0, 0.1) is 5.92 Å². The maximum atomic E-state index is 12.5. The van der Waals surface area contributed by atoms with Crippen molar-refractivity contribution in [3.8, 4) is 11.5 Å². The molecule has 1 heterocycles. The van der Waals surface area contributed by atoms with E-state index in [-0.39, 0.29) is 17.4 Å². The van der Waals surface area contributed by atoms with Crippen molar-refractivity contribution in [2.75, 3.05) is 20.1 Å². The molecule has 0 aromatic heterocycles. The number of benzene rings is 2. The van der Waals surface area contributed by atoms with Gasteiger partial charge in [-0.2, -0.15) is 0 Å². The highest BCUT2D eigenvalue weighted by Gasteiger charge is 2.53. The number of hydrogen-bond donors (Lipinski definition) is 1. The van der Waals surface area contributed by atoms with Crippen molar-refractivity contribution in [2.24, 2.45) is 5.92 Å². The second-order valence-corrected chi connectivity index (χ2v) is 7.43. The van der Waals surface area contributed by atoms with E-state index in [1.54, 1.807) is 48.5 Å². The molecule has 5 nitrogen and oxygen atoms in total. The first-order valence-electron chi connectivity index (χ1n) is 8.71. The molecule has 1 fully saturated rings. The molecule has 1 aliphatic heterocycles. The monoisotopic (exact) mass is 409 g/mol. The fourth-order valence-electron chi connectivity index (χ4n) is 3.22. The molecule has 1 saturated heterocycles. The average molecular weight is 410 g/mol. The van der Waals surface area contributed by atoms with Crippen LogP contribution in [-0.2, 0) is 4.79 Å². The molecule has 0 amide bonds. The van der Waals surface area contributed by atoms with Crippen molar-refractivity contribution >= 4 is 29.2 Å². The van der Waals surface area contributed by atoms with Gasteiger partial charge in [-0.3, -0.25) is 0 Å². The smallest absolute Gasteiger partial charge is 0.390 e. The van der Waals surface area contributed by atoms with Gasteiger partial charge < -0.3 is 19.5 Å². The summed E-state index contributed by atoms with van der Waals surface area (Å²) < 4.78 is 12.0. The molecule has 0 aliphatic carbocycles. The lowest BCUT2D eigenvalue weighted by atomic mass is 9.88. The zero-order valence-electron chi connectivity index (χ0n) is 14.9. The molecular weight excluding hydrogens is 389 g/mol. The van der Waals surface area contributed by atoms with Gasteiger partial charge in [0.05, 0.1) is 16.0 Å². The van der Waals surface area contributed by atoms with Crippen molar-refractivity contribution in [3.05, 3.63) is 58.6 Å². The number of halogens is 2. The first kappa shape index (κ1) is 19.8. The molecule has 0 bridgehead atoms. The van der Waals surface area contributed by atoms with Crippen LogP contribution in [-0.4, -0.2) is 41.9 Å². The molecule has 1 N–H and O–H groups in total. The van der Waals surface area contributed by atoms with E-state index in [9.17, 15) is 9.90 Å². The third-order valence-electron chi connectivity index (χ3n) is 4.75. The van der Waals surface area contributed by atoms with Crippen LogP contribution in [0.3, 0.4) is 0 Å². The molecule has 27 heavy (non-hydrogen) atoms. The van der Waals surface area contributed by atoms with E-state index in [1.807, 2.05) is 7.05 Å². The van der Waals surface area contributed by atoms with Crippen molar-refractivity contribution in [1.82, 2.24) is 4.90 Å². The summed E-state index contributed by atoms with van der Waals surface area (Å²) in [6.07, 6.45) is 1.22. The number of para-hydroxylation sites is 2. The first-order chi connectivity index (χ1) is 12.9. The van der Waals surface area contributed by atoms with Gasteiger partial charge in [0, 0.05) is 0 Å². The molecule has 144 valence electrons. The van der Waals surface area contributed by atoms with E-state index in [1.165, 1.54) is 0 Å². The topological polar surface area (TPSA) is 59.0 Å². The van der Waals surface area contributed by atoms with E-state index < -0.39 is 11.8 Å². The summed E-state index contributed by atoms with van der Waals surface area (Å²) in [5.74, 6) is -3.01. The van der Waals surface area contributed by atoms with Crippen LogP contribution in [0.5, 0.6) is 11.5 Å². The fourth-order valence-corrected chi connectivity index (χ4v) is 3.57. The van der Waals surface area contributed by atoms with Crippen LogP contribution in [0.4, 0.5) is 0 Å². The van der Waals surface area contributed by atoms with Gasteiger partial charge in [0.15, 0.2) is 0 Å². The average Bonchev–Trinajstić information content (AvgIpc) is 2.65. The van der Waals surface area contributed by atoms with Gasteiger partial charge in [-0.05, 0) is 57.2 Å². The van der Waals surface area contributed by atoms with Crippen molar-refractivity contribution in [1.29, 1.82) is 0 Å². The molecule has 0 radical (unpaired) electrons. The number of aliphatic carboxylic acids is 1. The summed E-state index contributed by atoms with van der Waals surface area (Å²) in [6.45, 7) is 1.49. The van der Waals surface area contributed by atoms with Crippen molar-refractivity contribution in [3.63, 3.8) is 0 Å². The molecule has 0 spiro atoms. The molecule has 0 unspecified atom stereocenters. The predicted molar refractivity (Wildman–Crippen MR) is 105 cm³/mol. The lowest BCUT2D eigenvalue weighted by Crippen LogP contribution is -2.58. The van der Waals surface area contributed by atoms with Gasteiger partial charge in [0.25, 0.3) is 0 Å². The highest BCUT2D eigenvalue weighted by molar-refractivity contribution is 6.32. The summed E-state index contributed by atoms with van der Waals surface area (Å²) in [5, 5.41) is 10.8. The number of carboxylic acid groups (broad SMARTS) is 1. The van der Waals surface area contributed by atoms with Crippen LogP contribution in [0.1, 0.15) is 12.8 Å². The zero-order valence-corrected chi connectivity index (χ0v) is 16.4. The van der Waals surface area contributed by atoms with Crippen LogP contribution < -0.4 is 9.47 Å². The Hall–Kier alpha value is -1.95. The number of likely N-dealkylation sites (tertiary alicyclic amines) is 1. The molecule has 0 atom stereocenters. The highest BCUT2D eigenvalue weighted by atomic mass is 35.5. The second-order valence-electron chi connectivity index (χ2n) is 6.62. The molecule has 0 saturated carbocycles. The van der Waals surface area contributed by atoms with Crippen LogP contribution in [0.15, 0.2) is 48.5 Å². The molecule has 3 rings (SSSR count). The largest absolute Gasteiger partial charge is 0.475 e. The lowest BCUT2D eigenvalue weighted by Gasteiger charge is -2.40. The molecule has 1 aliphatic rings. The molecular formula is C20H21Cl2NO4. The van der Waals surface area contributed by atoms with Gasteiger partial charge in [-0.15, -0.1) is 0 Å². The van der Waals surface area contributed by atoms with Crippen molar-refractivity contribution < 1.29 is 19.4 Å². The minimum Gasteiger partial charge on any atom is -0.475 e. The Balaban J connectivity index is 2.03. The van der Waals surface area contributed by atoms with Gasteiger partial charge in [0.2, 0.25) is 0 Å². The zero-order chi connectivity index (χ0) is 19.4. The number of carboxylic acids is 1. The second kappa shape index (κ2) is 8.38. The Morgan fingerprint density at radius 1 is 1.00 bits per heavy atom. The summed E-state index contributed by atoms with van der Waals surface area (Å²) >= 11 is 12.4. The third kappa shape index (κ3) is 4.32. The van der Waals surface area contributed by atoms with E-state index in [0.29, 0.717) is 22.9 Å². The maximum absolute atomic E-state index is 12.5. The SMILES string of the molecule is CN1CCC(C(Oc2ccccc2Cl)(Oc2ccccc2Cl)C(=O)O)CC1. The van der Waals surface area contributed by atoms with E-state index in [4.69, 9.17) is 32.7 Å². The van der Waals surface area contributed by atoms with Crippen LogP contribution in [0.2, 0.25) is 10.0 Å². The Bertz CT molecular complexity index is 759. The standard InChI is InChI=1S/C20H21Cl2NO4/c1-23-12-10-14(11-13-23)20(19(24)25,26-17-8-4-2-6-15(17)21)27-18-9-5-3-7-16(18)22/h2-9,14H,10-13H2,1H3,(H,24,25). The number of nitrogens with zero attached hydrogens (tertiary/aromatic N) is 1. The summed E-state index contributed by atoms with van der Waals surface area (Å²) in [5.41, 5.74) is 0. The van der Waals surface area contributed by atoms with Crippen LogP contribution >= 0.6 is 23.2 Å². The normalized spacial score (nSPS) is 16.1. The van der Waals surface area contributed by atoms with Crippen LogP contribution in [0.25, 0.3) is 0 Å². The summed E-state index contributed by atoms with van der Waals surface area (Å²) in [6, 6.07) is 13.5. The third-order valence-corrected chi connectivity index (χ3v) is 5.38. The van der Waals surface area contributed by atoms with E-state index >= 15 is 0 Å². The minimum atomic E-state index is -1.93. The van der Waals surface area contributed by atoms with Gasteiger partial charge in [-0.1, -0.05) is 47.5 Å². The van der Waals surface area contributed by atoms with Gasteiger partial charge in [0.1, 0.15) is 11.5 Å². The fraction of sp³-hybridized carbons (Fsp3) is 0.350. The minimum absolute atomic E-state index is 0.257.